The van der Waals surface area contributed by atoms with Crippen LogP contribution in [-0.2, 0) is 19.1 Å². The summed E-state index contributed by atoms with van der Waals surface area (Å²) in [7, 11) is 0. The number of carbonyl (C=O) groups is 3. The Morgan fingerprint density at radius 2 is 1.75 bits per heavy atom. The molecule has 16 heavy (non-hydrogen) atoms. The van der Waals surface area contributed by atoms with E-state index in [1.54, 1.807) is 13.8 Å². The predicted molar refractivity (Wildman–Crippen MR) is 53.6 cm³/mol. The number of hydrogen-bond acceptors (Lipinski definition) is 4. The number of nitrogens with zero attached hydrogens (tertiary/aromatic N) is 1. The zero-order valence-corrected chi connectivity index (χ0v) is 9.36. The number of ether oxygens (including phenoxy) is 1. The van der Waals surface area contributed by atoms with Crippen LogP contribution in [0.3, 0.4) is 0 Å². The van der Waals surface area contributed by atoms with E-state index in [1.807, 2.05) is 0 Å². The van der Waals surface area contributed by atoms with Crippen molar-refractivity contribution in [2.75, 3.05) is 13.2 Å². The average molecular weight is 229 g/mol. The molecule has 0 aromatic rings. The molecule has 1 heterocycles. The summed E-state index contributed by atoms with van der Waals surface area (Å²) in [6.45, 7) is 2.82. The molecule has 6 nitrogen and oxygen atoms in total. The second kappa shape index (κ2) is 4.61. The van der Waals surface area contributed by atoms with Crippen LogP contribution in [0.2, 0.25) is 0 Å². The van der Waals surface area contributed by atoms with Gasteiger partial charge < -0.3 is 9.84 Å². The molecule has 1 aliphatic rings. The Morgan fingerprint density at radius 3 is 2.06 bits per heavy atom. The second-order valence-electron chi connectivity index (χ2n) is 3.66. The lowest BCUT2D eigenvalue weighted by atomic mass is 9.90. The van der Waals surface area contributed by atoms with Gasteiger partial charge >= 0.3 is 5.97 Å². The molecule has 6 heteroatoms. The van der Waals surface area contributed by atoms with Crippen LogP contribution in [0.4, 0.5) is 0 Å². The summed E-state index contributed by atoms with van der Waals surface area (Å²) in [6.07, 6.45) is 0.382. The Labute approximate surface area is 93.2 Å². The van der Waals surface area contributed by atoms with Gasteiger partial charge in [-0.05, 0) is 12.8 Å². The summed E-state index contributed by atoms with van der Waals surface area (Å²) in [4.78, 5) is 35.3. The SMILES string of the molecule is CCC(CC)(C(=O)O)N1C(=O)COCC1=O. The molecule has 0 aliphatic carbocycles. The van der Waals surface area contributed by atoms with Crippen molar-refractivity contribution in [3.63, 3.8) is 0 Å². The maximum Gasteiger partial charge on any atom is 0.330 e. The van der Waals surface area contributed by atoms with Crippen molar-refractivity contribution < 1.29 is 24.2 Å². The smallest absolute Gasteiger partial charge is 0.330 e. The fourth-order valence-electron chi connectivity index (χ4n) is 1.94. The highest BCUT2D eigenvalue weighted by atomic mass is 16.5. The molecular weight excluding hydrogens is 214 g/mol. The predicted octanol–water partition coefficient (Wildman–Crippen LogP) is 0.0152. The zero-order chi connectivity index (χ0) is 12.3. The van der Waals surface area contributed by atoms with E-state index >= 15 is 0 Å². The number of aliphatic carboxylic acids is 1. The number of carboxylic acids is 1. The fourth-order valence-corrected chi connectivity index (χ4v) is 1.94. The Morgan fingerprint density at radius 1 is 1.31 bits per heavy atom. The largest absolute Gasteiger partial charge is 0.479 e. The van der Waals surface area contributed by atoms with Gasteiger partial charge in [0.15, 0.2) is 0 Å². The van der Waals surface area contributed by atoms with Gasteiger partial charge in [-0.3, -0.25) is 14.5 Å². The molecule has 90 valence electrons. The van der Waals surface area contributed by atoms with E-state index in [2.05, 4.69) is 0 Å². The molecule has 1 rings (SSSR count). The molecule has 1 fully saturated rings. The van der Waals surface area contributed by atoms with E-state index in [-0.39, 0.29) is 26.1 Å². The fraction of sp³-hybridized carbons (Fsp3) is 0.700. The number of carbonyl (C=O) groups excluding carboxylic acids is 2. The minimum absolute atomic E-state index is 0.191. The molecule has 1 saturated heterocycles. The second-order valence-corrected chi connectivity index (χ2v) is 3.66. The summed E-state index contributed by atoms with van der Waals surface area (Å²) in [5.74, 6) is -2.31. The molecule has 0 radical (unpaired) electrons. The maximum atomic E-state index is 11.6. The zero-order valence-electron chi connectivity index (χ0n) is 9.36. The van der Waals surface area contributed by atoms with Crippen molar-refractivity contribution in [2.45, 2.75) is 32.2 Å². The van der Waals surface area contributed by atoms with Crippen molar-refractivity contribution in [1.29, 1.82) is 0 Å². The van der Waals surface area contributed by atoms with Crippen LogP contribution < -0.4 is 0 Å². The topological polar surface area (TPSA) is 83.9 Å². The van der Waals surface area contributed by atoms with Gasteiger partial charge in [0.05, 0.1) is 0 Å². The molecule has 0 saturated carbocycles. The summed E-state index contributed by atoms with van der Waals surface area (Å²) in [6, 6.07) is 0. The summed E-state index contributed by atoms with van der Waals surface area (Å²) >= 11 is 0. The molecule has 0 aromatic heterocycles. The number of rotatable bonds is 4. The Hall–Kier alpha value is -1.43. The molecule has 0 bridgehead atoms. The number of morpholine rings is 1. The van der Waals surface area contributed by atoms with Gasteiger partial charge in [-0.25, -0.2) is 4.79 Å². The van der Waals surface area contributed by atoms with E-state index in [0.29, 0.717) is 0 Å². The number of imide groups is 1. The van der Waals surface area contributed by atoms with Crippen LogP contribution in [0.25, 0.3) is 0 Å². The average Bonchev–Trinajstić information content (AvgIpc) is 2.23. The molecule has 0 spiro atoms. The molecule has 2 amide bonds. The summed E-state index contributed by atoms with van der Waals surface area (Å²) in [5.41, 5.74) is -1.43. The Bertz CT molecular complexity index is 305. The standard InChI is InChI=1S/C10H15NO5/c1-3-10(4-2,9(14)15)11-7(12)5-16-6-8(11)13/h3-6H2,1-2H3,(H,14,15). The first-order valence-electron chi connectivity index (χ1n) is 5.16. The van der Waals surface area contributed by atoms with E-state index < -0.39 is 23.3 Å². The molecule has 0 aromatic carbocycles. The lowest BCUT2D eigenvalue weighted by molar-refractivity contribution is -0.176. The lowest BCUT2D eigenvalue weighted by Crippen LogP contribution is -2.62. The normalized spacial score (nSPS) is 17.8. The third-order valence-corrected chi connectivity index (χ3v) is 2.95. The summed E-state index contributed by atoms with van der Waals surface area (Å²) < 4.78 is 4.75. The van der Waals surface area contributed by atoms with Crippen molar-refractivity contribution in [3.8, 4) is 0 Å². The Kier molecular flexibility index (Phi) is 3.64. The highest BCUT2D eigenvalue weighted by Gasteiger charge is 2.48. The van der Waals surface area contributed by atoms with Crippen LogP contribution in [0.15, 0.2) is 0 Å². The number of hydrogen-bond donors (Lipinski definition) is 1. The highest BCUT2D eigenvalue weighted by Crippen LogP contribution is 2.26. The molecule has 0 atom stereocenters. The van der Waals surface area contributed by atoms with Gasteiger partial charge in [0, 0.05) is 0 Å². The van der Waals surface area contributed by atoms with Gasteiger partial charge in [0.2, 0.25) is 0 Å². The van der Waals surface area contributed by atoms with Crippen LogP contribution in [0.5, 0.6) is 0 Å². The third kappa shape index (κ3) is 1.80. The summed E-state index contributed by atoms with van der Waals surface area (Å²) in [5, 5.41) is 9.22. The van der Waals surface area contributed by atoms with Gasteiger partial charge in [0.1, 0.15) is 18.8 Å². The van der Waals surface area contributed by atoms with Crippen LogP contribution in [-0.4, -0.2) is 46.5 Å². The quantitative estimate of drug-likeness (QED) is 0.687. The third-order valence-electron chi connectivity index (χ3n) is 2.95. The van der Waals surface area contributed by atoms with E-state index in [4.69, 9.17) is 4.74 Å². The lowest BCUT2D eigenvalue weighted by Gasteiger charge is -2.39. The van der Waals surface area contributed by atoms with Gasteiger partial charge in [-0.1, -0.05) is 13.8 Å². The minimum atomic E-state index is -1.43. The molecule has 0 unspecified atom stereocenters. The Balaban J connectivity index is 3.14. The van der Waals surface area contributed by atoms with Crippen LogP contribution in [0, 0.1) is 0 Å². The van der Waals surface area contributed by atoms with E-state index in [1.165, 1.54) is 0 Å². The first kappa shape index (κ1) is 12.6. The minimum Gasteiger partial charge on any atom is -0.479 e. The first-order chi connectivity index (χ1) is 7.49. The monoisotopic (exact) mass is 229 g/mol. The molecule has 1 N–H and O–H groups in total. The van der Waals surface area contributed by atoms with Gasteiger partial charge in [-0.2, -0.15) is 0 Å². The highest BCUT2D eigenvalue weighted by molar-refractivity contribution is 6.03. The van der Waals surface area contributed by atoms with Crippen LogP contribution >= 0.6 is 0 Å². The number of amides is 2. The van der Waals surface area contributed by atoms with Gasteiger partial charge in [-0.15, -0.1) is 0 Å². The van der Waals surface area contributed by atoms with Crippen molar-refractivity contribution in [1.82, 2.24) is 4.90 Å². The van der Waals surface area contributed by atoms with Crippen molar-refractivity contribution in [2.24, 2.45) is 0 Å². The maximum absolute atomic E-state index is 11.6. The number of carboxylic acid groups (broad SMARTS) is 1. The van der Waals surface area contributed by atoms with Crippen LogP contribution in [0.1, 0.15) is 26.7 Å². The molecule has 1 aliphatic heterocycles. The van der Waals surface area contributed by atoms with E-state index in [0.717, 1.165) is 4.90 Å². The first-order valence-corrected chi connectivity index (χ1v) is 5.16. The van der Waals surface area contributed by atoms with E-state index in [9.17, 15) is 19.5 Å². The van der Waals surface area contributed by atoms with Crippen molar-refractivity contribution >= 4 is 17.8 Å². The molecular formula is C10H15NO5. The van der Waals surface area contributed by atoms with Crippen molar-refractivity contribution in [3.05, 3.63) is 0 Å². The van der Waals surface area contributed by atoms with Gasteiger partial charge in [0.25, 0.3) is 11.8 Å².